The molecule has 0 atom stereocenters. The SMILES string of the molecule is Cc1oc2ccc(O)cc2c1C(=O)N(C)CCN1CCCCC1. The third-order valence-electron chi connectivity index (χ3n) is 4.61. The molecule has 0 saturated carbocycles. The van der Waals surface area contributed by atoms with Crippen LogP contribution in [-0.2, 0) is 0 Å². The second-order valence-electron chi connectivity index (χ2n) is 6.34. The van der Waals surface area contributed by atoms with Crippen molar-refractivity contribution in [1.29, 1.82) is 0 Å². The average Bonchev–Trinajstić information content (AvgIpc) is 2.88. The lowest BCUT2D eigenvalue weighted by molar-refractivity contribution is 0.0773. The Morgan fingerprint density at radius 1 is 1.30 bits per heavy atom. The van der Waals surface area contributed by atoms with Crippen molar-refractivity contribution in [3.63, 3.8) is 0 Å². The van der Waals surface area contributed by atoms with Crippen LogP contribution in [0.15, 0.2) is 22.6 Å². The third kappa shape index (κ3) is 3.34. The summed E-state index contributed by atoms with van der Waals surface area (Å²) < 4.78 is 5.65. The van der Waals surface area contributed by atoms with E-state index in [0.717, 1.165) is 19.6 Å². The predicted molar refractivity (Wildman–Crippen MR) is 89.9 cm³/mol. The summed E-state index contributed by atoms with van der Waals surface area (Å²) in [4.78, 5) is 17.0. The number of phenols is 1. The van der Waals surface area contributed by atoms with E-state index in [9.17, 15) is 9.90 Å². The molecule has 0 bridgehead atoms. The third-order valence-corrected chi connectivity index (χ3v) is 4.61. The maximum Gasteiger partial charge on any atom is 0.257 e. The molecule has 1 saturated heterocycles. The Morgan fingerprint density at radius 2 is 2.04 bits per heavy atom. The van der Waals surface area contributed by atoms with Gasteiger partial charge in [-0.05, 0) is 51.1 Å². The summed E-state index contributed by atoms with van der Waals surface area (Å²) >= 11 is 0. The minimum absolute atomic E-state index is 0.0520. The second kappa shape index (κ2) is 6.62. The number of phenolic OH excluding ortho intramolecular Hbond substituents is 1. The number of aryl methyl sites for hydroxylation is 1. The first-order chi connectivity index (χ1) is 11.1. The van der Waals surface area contributed by atoms with Crippen LogP contribution in [0, 0.1) is 6.92 Å². The number of amides is 1. The summed E-state index contributed by atoms with van der Waals surface area (Å²) in [6, 6.07) is 4.86. The topological polar surface area (TPSA) is 56.9 Å². The van der Waals surface area contributed by atoms with Gasteiger partial charge >= 0.3 is 0 Å². The highest BCUT2D eigenvalue weighted by Crippen LogP contribution is 2.29. The van der Waals surface area contributed by atoms with E-state index in [-0.39, 0.29) is 11.7 Å². The van der Waals surface area contributed by atoms with Gasteiger partial charge in [0.1, 0.15) is 17.1 Å². The molecule has 0 spiro atoms. The Bertz CT molecular complexity index is 702. The van der Waals surface area contributed by atoms with Gasteiger partial charge < -0.3 is 19.3 Å². The zero-order valence-corrected chi connectivity index (χ0v) is 13.8. The minimum Gasteiger partial charge on any atom is -0.508 e. The number of carbonyl (C=O) groups is 1. The van der Waals surface area contributed by atoms with Gasteiger partial charge in [-0.2, -0.15) is 0 Å². The smallest absolute Gasteiger partial charge is 0.257 e. The van der Waals surface area contributed by atoms with Crippen molar-refractivity contribution in [3.05, 3.63) is 29.5 Å². The summed E-state index contributed by atoms with van der Waals surface area (Å²) in [5, 5.41) is 10.4. The van der Waals surface area contributed by atoms with Crippen LogP contribution in [0.2, 0.25) is 0 Å². The van der Waals surface area contributed by atoms with Gasteiger partial charge in [-0.25, -0.2) is 0 Å². The molecular weight excluding hydrogens is 292 g/mol. The van der Waals surface area contributed by atoms with E-state index < -0.39 is 0 Å². The fourth-order valence-corrected chi connectivity index (χ4v) is 3.24. The van der Waals surface area contributed by atoms with Gasteiger partial charge in [-0.3, -0.25) is 4.79 Å². The Morgan fingerprint density at radius 3 is 2.78 bits per heavy atom. The number of benzene rings is 1. The largest absolute Gasteiger partial charge is 0.508 e. The van der Waals surface area contributed by atoms with Crippen LogP contribution >= 0.6 is 0 Å². The molecule has 2 heterocycles. The molecule has 2 aromatic rings. The van der Waals surface area contributed by atoms with Gasteiger partial charge in [0.15, 0.2) is 0 Å². The highest BCUT2D eigenvalue weighted by molar-refractivity contribution is 6.07. The quantitative estimate of drug-likeness (QED) is 0.942. The Kier molecular flexibility index (Phi) is 4.57. The number of hydrogen-bond donors (Lipinski definition) is 1. The van der Waals surface area contributed by atoms with Gasteiger partial charge in [0.05, 0.1) is 5.56 Å². The van der Waals surface area contributed by atoms with Gasteiger partial charge in [-0.15, -0.1) is 0 Å². The first-order valence-electron chi connectivity index (χ1n) is 8.26. The molecule has 1 fully saturated rings. The van der Waals surface area contributed by atoms with Crippen molar-refractivity contribution in [2.45, 2.75) is 26.2 Å². The highest BCUT2D eigenvalue weighted by Gasteiger charge is 2.22. The average molecular weight is 316 g/mol. The maximum atomic E-state index is 12.8. The number of carbonyl (C=O) groups excluding carboxylic acids is 1. The number of hydrogen-bond acceptors (Lipinski definition) is 4. The molecule has 0 unspecified atom stereocenters. The summed E-state index contributed by atoms with van der Waals surface area (Å²) in [6.07, 6.45) is 3.82. The van der Waals surface area contributed by atoms with Crippen molar-refractivity contribution < 1.29 is 14.3 Å². The summed E-state index contributed by atoms with van der Waals surface area (Å²) in [5.41, 5.74) is 1.19. The number of rotatable bonds is 4. The van der Waals surface area contributed by atoms with Crippen LogP contribution < -0.4 is 0 Å². The second-order valence-corrected chi connectivity index (χ2v) is 6.34. The van der Waals surface area contributed by atoms with Crippen molar-refractivity contribution >= 4 is 16.9 Å². The van der Waals surface area contributed by atoms with Gasteiger partial charge in [-0.1, -0.05) is 6.42 Å². The van der Waals surface area contributed by atoms with E-state index >= 15 is 0 Å². The zero-order valence-electron chi connectivity index (χ0n) is 13.8. The van der Waals surface area contributed by atoms with Gasteiger partial charge in [0.25, 0.3) is 5.91 Å². The molecule has 3 rings (SSSR count). The predicted octanol–water partition coefficient (Wildman–Crippen LogP) is 3.00. The first-order valence-corrected chi connectivity index (χ1v) is 8.26. The molecule has 23 heavy (non-hydrogen) atoms. The number of likely N-dealkylation sites (tertiary alicyclic amines) is 1. The standard InChI is InChI=1S/C18H24N2O3/c1-13-17(15-12-14(21)6-7-16(15)23-13)18(22)19(2)10-11-20-8-4-3-5-9-20/h6-7,12,21H,3-5,8-11H2,1-2H3. The van der Waals surface area contributed by atoms with E-state index in [1.165, 1.54) is 19.3 Å². The van der Waals surface area contributed by atoms with E-state index in [1.54, 1.807) is 30.0 Å². The maximum absolute atomic E-state index is 12.8. The fraction of sp³-hybridized carbons (Fsp3) is 0.500. The lowest BCUT2D eigenvalue weighted by atomic mass is 10.1. The number of aromatic hydroxyl groups is 1. The molecule has 1 aromatic heterocycles. The Balaban J connectivity index is 1.74. The lowest BCUT2D eigenvalue weighted by Crippen LogP contribution is -2.38. The Labute approximate surface area is 136 Å². The minimum atomic E-state index is -0.0520. The summed E-state index contributed by atoms with van der Waals surface area (Å²) in [5.74, 6) is 0.688. The van der Waals surface area contributed by atoms with E-state index in [2.05, 4.69) is 4.90 Å². The number of nitrogens with zero attached hydrogens (tertiary/aromatic N) is 2. The van der Waals surface area contributed by atoms with E-state index in [1.807, 2.05) is 7.05 Å². The molecule has 5 nitrogen and oxygen atoms in total. The molecule has 0 aliphatic carbocycles. The molecular formula is C18H24N2O3. The van der Waals surface area contributed by atoms with Gasteiger partial charge in [0.2, 0.25) is 0 Å². The summed E-state index contributed by atoms with van der Waals surface area (Å²) in [6.45, 7) is 5.65. The monoisotopic (exact) mass is 316 g/mol. The van der Waals surface area contributed by atoms with Crippen LogP contribution in [0.1, 0.15) is 35.4 Å². The fourth-order valence-electron chi connectivity index (χ4n) is 3.24. The van der Waals surface area contributed by atoms with Crippen LogP contribution in [0.5, 0.6) is 5.75 Å². The van der Waals surface area contributed by atoms with E-state index in [0.29, 0.717) is 28.8 Å². The van der Waals surface area contributed by atoms with Crippen molar-refractivity contribution in [1.82, 2.24) is 9.80 Å². The van der Waals surface area contributed by atoms with Gasteiger partial charge in [0, 0.05) is 25.5 Å². The van der Waals surface area contributed by atoms with Crippen LogP contribution in [0.3, 0.4) is 0 Å². The molecule has 1 aliphatic heterocycles. The molecule has 0 radical (unpaired) electrons. The number of piperidine rings is 1. The zero-order chi connectivity index (χ0) is 16.4. The number of fused-ring (bicyclic) bond motifs is 1. The molecule has 5 heteroatoms. The molecule has 124 valence electrons. The highest BCUT2D eigenvalue weighted by atomic mass is 16.3. The molecule has 1 amide bonds. The number of likely N-dealkylation sites (N-methyl/N-ethyl adjacent to an activating group) is 1. The van der Waals surface area contributed by atoms with Crippen molar-refractivity contribution in [2.24, 2.45) is 0 Å². The lowest BCUT2D eigenvalue weighted by Gasteiger charge is -2.28. The first kappa shape index (κ1) is 15.9. The van der Waals surface area contributed by atoms with Crippen LogP contribution in [0.4, 0.5) is 0 Å². The summed E-state index contributed by atoms with van der Waals surface area (Å²) in [7, 11) is 1.83. The molecule has 1 aromatic carbocycles. The molecule has 1 N–H and O–H groups in total. The van der Waals surface area contributed by atoms with Crippen LogP contribution in [0.25, 0.3) is 11.0 Å². The van der Waals surface area contributed by atoms with Crippen LogP contribution in [-0.4, -0.2) is 54.0 Å². The Hall–Kier alpha value is -2.01. The van der Waals surface area contributed by atoms with E-state index in [4.69, 9.17) is 4.42 Å². The normalized spacial score (nSPS) is 15.9. The number of furan rings is 1. The van der Waals surface area contributed by atoms with Crippen molar-refractivity contribution in [2.75, 3.05) is 33.2 Å². The molecule has 1 aliphatic rings. The van der Waals surface area contributed by atoms with Crippen molar-refractivity contribution in [3.8, 4) is 5.75 Å².